The predicted octanol–water partition coefficient (Wildman–Crippen LogP) is 1.18. The first-order chi connectivity index (χ1) is 9.75. The van der Waals surface area contributed by atoms with Crippen LogP contribution in [0, 0.1) is 5.82 Å². The van der Waals surface area contributed by atoms with Gasteiger partial charge in [0.2, 0.25) is 6.10 Å². The maximum Gasteiger partial charge on any atom is 0.267 e. The fourth-order valence-corrected chi connectivity index (χ4v) is 2.35. The van der Waals surface area contributed by atoms with Gasteiger partial charge in [0.1, 0.15) is 5.82 Å². The molecule has 0 saturated carbocycles. The van der Waals surface area contributed by atoms with Crippen molar-refractivity contribution in [3.8, 4) is 0 Å². The number of ether oxygens (including phenoxy) is 1. The van der Waals surface area contributed by atoms with Gasteiger partial charge < -0.3 is 14.5 Å². The van der Waals surface area contributed by atoms with Gasteiger partial charge in [-0.1, -0.05) is 23.4 Å². The van der Waals surface area contributed by atoms with E-state index in [1.807, 2.05) is 0 Å². The van der Waals surface area contributed by atoms with Gasteiger partial charge in [-0.05, 0) is 6.07 Å². The first-order valence-corrected chi connectivity index (χ1v) is 6.60. The van der Waals surface area contributed by atoms with Crippen molar-refractivity contribution in [1.29, 1.82) is 0 Å². The molecule has 0 radical (unpaired) electrons. The van der Waals surface area contributed by atoms with E-state index >= 15 is 0 Å². The summed E-state index contributed by atoms with van der Waals surface area (Å²) in [5.74, 6) is -0.460. The molecule has 1 atom stereocenters. The highest BCUT2D eigenvalue weighted by atomic mass is 19.1. The van der Waals surface area contributed by atoms with Crippen LogP contribution in [0.15, 0.2) is 29.4 Å². The highest BCUT2D eigenvalue weighted by Crippen LogP contribution is 2.20. The van der Waals surface area contributed by atoms with E-state index in [4.69, 9.17) is 9.57 Å². The van der Waals surface area contributed by atoms with Gasteiger partial charge in [-0.2, -0.15) is 0 Å². The Hall–Kier alpha value is -1.95. The SMILES string of the molecule is O=C([C@H]1CC(c2ccccc2F)=NO1)N1CCOCC1. The summed E-state index contributed by atoms with van der Waals surface area (Å²) in [7, 11) is 0. The highest BCUT2D eigenvalue weighted by Gasteiger charge is 2.33. The number of oxime groups is 1. The van der Waals surface area contributed by atoms with Crippen LogP contribution in [0.5, 0.6) is 0 Å². The molecule has 1 aromatic rings. The number of carbonyl (C=O) groups is 1. The van der Waals surface area contributed by atoms with Crippen LogP contribution in [0.3, 0.4) is 0 Å². The lowest BCUT2D eigenvalue weighted by molar-refractivity contribution is -0.146. The molecule has 0 aromatic heterocycles. The number of hydrogen-bond donors (Lipinski definition) is 0. The second-order valence-electron chi connectivity index (χ2n) is 4.75. The number of nitrogens with zero attached hydrogens (tertiary/aromatic N) is 2. The molecule has 3 rings (SSSR count). The Bertz CT molecular complexity index is 541. The molecule has 0 spiro atoms. The average Bonchev–Trinajstić information content (AvgIpc) is 2.97. The third-order valence-electron chi connectivity index (χ3n) is 3.45. The van der Waals surface area contributed by atoms with Crippen LogP contribution in [0.1, 0.15) is 12.0 Å². The van der Waals surface area contributed by atoms with Crippen molar-refractivity contribution in [2.75, 3.05) is 26.3 Å². The fourth-order valence-electron chi connectivity index (χ4n) is 2.35. The van der Waals surface area contributed by atoms with E-state index in [0.29, 0.717) is 44.0 Å². The van der Waals surface area contributed by atoms with Crippen LogP contribution in [0.4, 0.5) is 4.39 Å². The third-order valence-corrected chi connectivity index (χ3v) is 3.45. The third kappa shape index (κ3) is 2.51. The second-order valence-corrected chi connectivity index (χ2v) is 4.75. The summed E-state index contributed by atoms with van der Waals surface area (Å²) in [6.07, 6.45) is -0.348. The van der Waals surface area contributed by atoms with Crippen molar-refractivity contribution < 1.29 is 18.8 Å². The molecule has 106 valence electrons. The minimum Gasteiger partial charge on any atom is -0.382 e. The summed E-state index contributed by atoms with van der Waals surface area (Å²) in [5.41, 5.74) is 0.875. The van der Waals surface area contributed by atoms with E-state index in [-0.39, 0.29) is 11.7 Å². The number of morpholine rings is 1. The summed E-state index contributed by atoms with van der Waals surface area (Å²) in [5, 5.41) is 3.86. The molecule has 0 aliphatic carbocycles. The second kappa shape index (κ2) is 5.58. The Labute approximate surface area is 116 Å². The standard InChI is InChI=1S/C14H15FN2O3/c15-11-4-2-1-3-10(11)12-9-13(20-16-12)14(18)17-5-7-19-8-6-17/h1-4,13H,5-9H2/t13-/m1/s1. The van der Waals surface area contributed by atoms with Gasteiger partial charge in [0, 0.05) is 25.1 Å². The Morgan fingerprint density at radius 1 is 1.30 bits per heavy atom. The lowest BCUT2D eigenvalue weighted by Crippen LogP contribution is -2.45. The zero-order chi connectivity index (χ0) is 13.9. The number of rotatable bonds is 2. The Morgan fingerprint density at radius 2 is 2.05 bits per heavy atom. The molecule has 2 heterocycles. The number of halogens is 1. The number of hydrogen-bond acceptors (Lipinski definition) is 4. The smallest absolute Gasteiger partial charge is 0.267 e. The van der Waals surface area contributed by atoms with Crippen LogP contribution >= 0.6 is 0 Å². The molecule has 1 amide bonds. The molecule has 6 heteroatoms. The van der Waals surface area contributed by atoms with Crippen molar-refractivity contribution >= 4 is 11.6 Å². The fraction of sp³-hybridized carbons (Fsp3) is 0.429. The molecular formula is C14H15FN2O3. The zero-order valence-electron chi connectivity index (χ0n) is 10.9. The molecule has 1 saturated heterocycles. The minimum atomic E-state index is -0.650. The summed E-state index contributed by atoms with van der Waals surface area (Å²) < 4.78 is 18.9. The van der Waals surface area contributed by atoms with Crippen molar-refractivity contribution in [2.24, 2.45) is 5.16 Å². The number of benzene rings is 1. The first-order valence-electron chi connectivity index (χ1n) is 6.60. The van der Waals surface area contributed by atoms with E-state index in [1.165, 1.54) is 6.07 Å². The molecule has 1 fully saturated rings. The predicted molar refractivity (Wildman–Crippen MR) is 69.8 cm³/mol. The van der Waals surface area contributed by atoms with Gasteiger partial charge in [-0.25, -0.2) is 4.39 Å². The molecule has 0 bridgehead atoms. The maximum atomic E-state index is 13.7. The van der Waals surface area contributed by atoms with Gasteiger partial charge in [0.15, 0.2) is 0 Å². The highest BCUT2D eigenvalue weighted by molar-refractivity contribution is 6.04. The maximum absolute atomic E-state index is 13.7. The number of amides is 1. The lowest BCUT2D eigenvalue weighted by Gasteiger charge is -2.28. The molecule has 1 aromatic carbocycles. The molecule has 0 unspecified atom stereocenters. The van der Waals surface area contributed by atoms with E-state index in [0.717, 1.165) is 0 Å². The summed E-state index contributed by atoms with van der Waals surface area (Å²) in [6.45, 7) is 2.21. The van der Waals surface area contributed by atoms with Crippen molar-refractivity contribution in [2.45, 2.75) is 12.5 Å². The van der Waals surface area contributed by atoms with Crippen molar-refractivity contribution in [3.63, 3.8) is 0 Å². The Kier molecular flexibility index (Phi) is 3.64. The van der Waals surface area contributed by atoms with Crippen molar-refractivity contribution in [1.82, 2.24) is 4.90 Å². The van der Waals surface area contributed by atoms with Crippen LogP contribution in [0.2, 0.25) is 0 Å². The summed E-state index contributed by atoms with van der Waals surface area (Å²) in [4.78, 5) is 19.1. The lowest BCUT2D eigenvalue weighted by atomic mass is 10.0. The molecule has 20 heavy (non-hydrogen) atoms. The van der Waals surface area contributed by atoms with Gasteiger partial charge in [-0.3, -0.25) is 4.79 Å². The van der Waals surface area contributed by atoms with Gasteiger partial charge in [-0.15, -0.1) is 0 Å². The van der Waals surface area contributed by atoms with Crippen LogP contribution in [-0.4, -0.2) is 48.9 Å². The van der Waals surface area contributed by atoms with E-state index in [1.54, 1.807) is 23.1 Å². The molecule has 2 aliphatic rings. The molecular weight excluding hydrogens is 263 g/mol. The minimum absolute atomic E-state index is 0.108. The number of carbonyl (C=O) groups excluding carboxylic acids is 1. The van der Waals surface area contributed by atoms with E-state index in [9.17, 15) is 9.18 Å². The van der Waals surface area contributed by atoms with Gasteiger partial charge in [0.05, 0.1) is 18.9 Å². The monoisotopic (exact) mass is 278 g/mol. The Balaban J connectivity index is 1.66. The normalized spacial score (nSPS) is 22.4. The molecule has 5 nitrogen and oxygen atoms in total. The summed E-state index contributed by atoms with van der Waals surface area (Å²) in [6, 6.07) is 6.36. The van der Waals surface area contributed by atoms with Crippen LogP contribution in [-0.2, 0) is 14.4 Å². The Morgan fingerprint density at radius 3 is 2.80 bits per heavy atom. The van der Waals surface area contributed by atoms with Gasteiger partial charge >= 0.3 is 0 Å². The summed E-state index contributed by atoms with van der Waals surface area (Å²) >= 11 is 0. The first kappa shape index (κ1) is 13.1. The molecule has 2 aliphatic heterocycles. The molecule has 0 N–H and O–H groups in total. The van der Waals surface area contributed by atoms with Crippen LogP contribution < -0.4 is 0 Å². The van der Waals surface area contributed by atoms with Crippen LogP contribution in [0.25, 0.3) is 0 Å². The van der Waals surface area contributed by atoms with E-state index in [2.05, 4.69) is 5.16 Å². The van der Waals surface area contributed by atoms with Crippen molar-refractivity contribution in [3.05, 3.63) is 35.6 Å². The quantitative estimate of drug-likeness (QED) is 0.816. The largest absolute Gasteiger partial charge is 0.382 e. The van der Waals surface area contributed by atoms with E-state index < -0.39 is 6.10 Å². The zero-order valence-corrected chi connectivity index (χ0v) is 10.9. The topological polar surface area (TPSA) is 51.1 Å². The average molecular weight is 278 g/mol. The van der Waals surface area contributed by atoms with Gasteiger partial charge in [0.25, 0.3) is 5.91 Å².